The molecule has 0 aromatic heterocycles. The molecule has 0 fully saturated rings. The van der Waals surface area contributed by atoms with Crippen LogP contribution in [0.2, 0.25) is 0 Å². The van der Waals surface area contributed by atoms with E-state index in [2.05, 4.69) is 18.3 Å². The Morgan fingerprint density at radius 3 is 2.57 bits per heavy atom. The Kier molecular flexibility index (Phi) is 6.83. The van der Waals surface area contributed by atoms with Crippen LogP contribution in [-0.4, -0.2) is 33.5 Å². The molecule has 0 heterocycles. The Morgan fingerprint density at radius 1 is 1.43 bits per heavy atom. The number of nitrogens with one attached hydrogen (secondary N) is 1. The smallest absolute Gasteiger partial charge is 0.147 e. The van der Waals surface area contributed by atoms with Gasteiger partial charge in [0.25, 0.3) is 0 Å². The molecule has 14 heavy (non-hydrogen) atoms. The predicted octanol–water partition coefficient (Wildman–Crippen LogP) is 1.37. The number of hydrogen-bond acceptors (Lipinski definition) is 3. The molecule has 0 spiro atoms. The van der Waals surface area contributed by atoms with Gasteiger partial charge in [0.2, 0.25) is 0 Å². The molecule has 0 saturated heterocycles. The summed E-state index contributed by atoms with van der Waals surface area (Å²) in [7, 11) is -2.81. The normalized spacial score (nSPS) is 13.2. The van der Waals surface area contributed by atoms with Gasteiger partial charge >= 0.3 is 0 Å². The van der Waals surface area contributed by atoms with Crippen molar-refractivity contribution in [3.05, 3.63) is 11.6 Å². The number of hydrogen-bond donors (Lipinski definition) is 1. The lowest BCUT2D eigenvalue weighted by Gasteiger charge is -2.01. The molecule has 0 rings (SSSR count). The first-order chi connectivity index (χ1) is 6.45. The molecule has 3 nitrogen and oxygen atoms in total. The van der Waals surface area contributed by atoms with E-state index in [0.29, 0.717) is 6.42 Å². The van der Waals surface area contributed by atoms with Gasteiger partial charge in [-0.25, -0.2) is 8.42 Å². The van der Waals surface area contributed by atoms with Crippen molar-refractivity contribution in [2.75, 3.05) is 25.1 Å². The molecule has 0 aliphatic rings. The van der Waals surface area contributed by atoms with Crippen molar-refractivity contribution in [2.45, 2.75) is 26.7 Å². The summed E-state index contributed by atoms with van der Waals surface area (Å²) in [4.78, 5) is 0. The monoisotopic (exact) mass is 219 g/mol. The highest BCUT2D eigenvalue weighted by molar-refractivity contribution is 7.90. The van der Waals surface area contributed by atoms with Gasteiger partial charge < -0.3 is 5.32 Å². The van der Waals surface area contributed by atoms with Gasteiger partial charge in [0.05, 0.1) is 5.75 Å². The maximum Gasteiger partial charge on any atom is 0.147 e. The lowest BCUT2D eigenvalue weighted by Crippen LogP contribution is -2.13. The average molecular weight is 219 g/mol. The predicted molar refractivity (Wildman–Crippen MR) is 61.2 cm³/mol. The van der Waals surface area contributed by atoms with Crippen molar-refractivity contribution >= 4 is 9.84 Å². The Morgan fingerprint density at radius 2 is 2.07 bits per heavy atom. The van der Waals surface area contributed by atoms with E-state index in [1.165, 1.54) is 6.26 Å². The van der Waals surface area contributed by atoms with Crippen molar-refractivity contribution < 1.29 is 8.42 Å². The molecule has 0 radical (unpaired) electrons. The Hall–Kier alpha value is -0.350. The Labute approximate surface area is 87.5 Å². The van der Waals surface area contributed by atoms with Crippen molar-refractivity contribution in [1.82, 2.24) is 5.32 Å². The van der Waals surface area contributed by atoms with Gasteiger partial charge in [0.1, 0.15) is 9.84 Å². The lowest BCUT2D eigenvalue weighted by molar-refractivity contribution is 0.601. The second-order valence-electron chi connectivity index (χ2n) is 3.57. The van der Waals surface area contributed by atoms with Crippen LogP contribution >= 0.6 is 0 Å². The molecule has 0 aromatic rings. The number of sulfone groups is 1. The van der Waals surface area contributed by atoms with Crippen LogP contribution in [0.1, 0.15) is 26.7 Å². The molecular weight excluding hydrogens is 198 g/mol. The maximum absolute atomic E-state index is 10.9. The second-order valence-corrected chi connectivity index (χ2v) is 5.83. The summed E-state index contributed by atoms with van der Waals surface area (Å²) in [6.45, 7) is 6.00. The van der Waals surface area contributed by atoms with Crippen LogP contribution < -0.4 is 5.32 Å². The highest BCUT2D eigenvalue weighted by Gasteiger charge is 2.01. The quantitative estimate of drug-likeness (QED) is 0.519. The zero-order chi connectivity index (χ0) is 11.0. The van der Waals surface area contributed by atoms with Crippen LogP contribution in [0.15, 0.2) is 11.6 Å². The zero-order valence-corrected chi connectivity index (χ0v) is 10.2. The molecule has 0 unspecified atom stereocenters. The minimum atomic E-state index is -2.81. The van der Waals surface area contributed by atoms with Crippen molar-refractivity contribution in [1.29, 1.82) is 0 Å². The molecule has 0 atom stereocenters. The lowest BCUT2D eigenvalue weighted by atomic mass is 10.2. The summed E-state index contributed by atoms with van der Waals surface area (Å²) in [5.74, 6) is 0.260. The molecule has 0 aliphatic heterocycles. The van der Waals surface area contributed by atoms with Crippen LogP contribution in [0.3, 0.4) is 0 Å². The Bertz CT molecular complexity index is 268. The first-order valence-electron chi connectivity index (χ1n) is 4.99. The largest absolute Gasteiger partial charge is 0.317 e. The van der Waals surface area contributed by atoms with Gasteiger partial charge in [-0.1, -0.05) is 18.6 Å². The molecule has 4 heteroatoms. The van der Waals surface area contributed by atoms with Gasteiger partial charge in [-0.2, -0.15) is 0 Å². The summed E-state index contributed by atoms with van der Waals surface area (Å²) >= 11 is 0. The fraction of sp³-hybridized carbons (Fsp3) is 0.800. The van der Waals surface area contributed by atoms with Crippen LogP contribution in [0, 0.1) is 0 Å². The van der Waals surface area contributed by atoms with E-state index in [1.807, 2.05) is 6.92 Å². The molecular formula is C10H21NO2S. The van der Waals surface area contributed by atoms with Crippen molar-refractivity contribution in [3.63, 3.8) is 0 Å². The van der Waals surface area contributed by atoms with Gasteiger partial charge in [0, 0.05) is 6.26 Å². The van der Waals surface area contributed by atoms with E-state index in [1.54, 1.807) is 0 Å². The van der Waals surface area contributed by atoms with E-state index in [-0.39, 0.29) is 5.75 Å². The average Bonchev–Trinajstić information content (AvgIpc) is 2.08. The van der Waals surface area contributed by atoms with Gasteiger partial charge in [0.15, 0.2) is 0 Å². The number of allylic oxidation sites excluding steroid dienone is 1. The van der Waals surface area contributed by atoms with E-state index in [0.717, 1.165) is 25.1 Å². The fourth-order valence-corrected chi connectivity index (χ4v) is 1.74. The van der Waals surface area contributed by atoms with Crippen molar-refractivity contribution in [3.8, 4) is 0 Å². The SMILES string of the molecule is CCNCC/C=C(\C)CCS(C)(=O)=O. The first-order valence-corrected chi connectivity index (χ1v) is 7.06. The molecule has 0 saturated carbocycles. The van der Waals surface area contributed by atoms with Crippen LogP contribution in [-0.2, 0) is 9.84 Å². The molecule has 0 aromatic carbocycles. The summed E-state index contributed by atoms with van der Waals surface area (Å²) in [6, 6.07) is 0. The third kappa shape index (κ3) is 9.74. The second kappa shape index (κ2) is 7.01. The highest BCUT2D eigenvalue weighted by atomic mass is 32.2. The van der Waals surface area contributed by atoms with E-state index in [9.17, 15) is 8.42 Å². The first kappa shape index (κ1) is 13.7. The van der Waals surface area contributed by atoms with Crippen LogP contribution in [0.5, 0.6) is 0 Å². The third-order valence-corrected chi connectivity index (χ3v) is 2.88. The summed E-state index contributed by atoms with van der Waals surface area (Å²) in [6.07, 6.45) is 5.02. The van der Waals surface area contributed by atoms with Gasteiger partial charge in [-0.05, 0) is 32.9 Å². The van der Waals surface area contributed by atoms with Crippen LogP contribution in [0.4, 0.5) is 0 Å². The molecule has 0 bridgehead atoms. The third-order valence-electron chi connectivity index (χ3n) is 1.93. The molecule has 0 amide bonds. The van der Waals surface area contributed by atoms with Crippen LogP contribution in [0.25, 0.3) is 0 Å². The number of rotatable bonds is 7. The van der Waals surface area contributed by atoms with Gasteiger partial charge in [-0.3, -0.25) is 0 Å². The summed E-state index contributed by atoms with van der Waals surface area (Å²) in [5.41, 5.74) is 1.16. The minimum absolute atomic E-state index is 0.260. The van der Waals surface area contributed by atoms with E-state index < -0.39 is 9.84 Å². The highest BCUT2D eigenvalue weighted by Crippen LogP contribution is 2.03. The summed E-state index contributed by atoms with van der Waals surface area (Å²) in [5, 5.41) is 3.21. The Balaban J connectivity index is 3.68. The van der Waals surface area contributed by atoms with E-state index in [4.69, 9.17) is 0 Å². The van der Waals surface area contributed by atoms with Gasteiger partial charge in [-0.15, -0.1) is 0 Å². The minimum Gasteiger partial charge on any atom is -0.317 e. The molecule has 0 aliphatic carbocycles. The molecule has 1 N–H and O–H groups in total. The maximum atomic E-state index is 10.9. The summed E-state index contributed by atoms with van der Waals surface area (Å²) < 4.78 is 21.7. The molecule has 84 valence electrons. The van der Waals surface area contributed by atoms with E-state index >= 15 is 0 Å². The fourth-order valence-electron chi connectivity index (χ4n) is 1.05. The topological polar surface area (TPSA) is 46.2 Å². The zero-order valence-electron chi connectivity index (χ0n) is 9.34. The standard InChI is InChI=1S/C10H21NO2S/c1-4-11-8-5-6-10(2)7-9-14(3,12)13/h6,11H,4-5,7-9H2,1-3H3/b10-6+. The van der Waals surface area contributed by atoms with Crippen molar-refractivity contribution in [2.24, 2.45) is 0 Å².